The van der Waals surface area contributed by atoms with Crippen molar-refractivity contribution in [3.8, 4) is 11.5 Å². The molecule has 4 aromatic rings. The van der Waals surface area contributed by atoms with Gasteiger partial charge in [0, 0.05) is 36.7 Å². The molecule has 1 N–H and O–H groups in total. The molecule has 8 rings (SSSR count). The number of nitrogens with one attached hydrogen (secondary N) is 1. The van der Waals surface area contributed by atoms with Crippen molar-refractivity contribution >= 4 is 28.2 Å². The predicted octanol–water partition coefficient (Wildman–Crippen LogP) is 8.91. The summed E-state index contributed by atoms with van der Waals surface area (Å²) in [4.78, 5) is 11.3. The van der Waals surface area contributed by atoms with Crippen molar-refractivity contribution in [1.29, 1.82) is 0 Å². The second kappa shape index (κ2) is 11.8. The van der Waals surface area contributed by atoms with E-state index in [0.717, 1.165) is 77.9 Å². The number of rotatable bonds is 9. The van der Waals surface area contributed by atoms with E-state index in [9.17, 15) is 8.78 Å². The zero-order valence-corrected chi connectivity index (χ0v) is 28.1. The Labute approximate surface area is 284 Å². The molecule has 4 atom stereocenters. The van der Waals surface area contributed by atoms with Crippen LogP contribution < -0.4 is 14.8 Å². The van der Waals surface area contributed by atoms with Crippen LogP contribution in [0.3, 0.4) is 0 Å². The smallest absolute Gasteiger partial charge is 0.255 e. The Morgan fingerprint density at radius 1 is 1.10 bits per heavy atom. The monoisotopic (exact) mass is 676 g/mol. The summed E-state index contributed by atoms with van der Waals surface area (Å²) in [6, 6.07) is 13.5. The number of halogens is 4. The van der Waals surface area contributed by atoms with E-state index in [1.54, 1.807) is 25.6 Å². The molecule has 3 fully saturated rings. The number of hydrogen-bond acceptors (Lipinski definition) is 6. The lowest BCUT2D eigenvalue weighted by Gasteiger charge is -2.32. The van der Waals surface area contributed by atoms with Gasteiger partial charge >= 0.3 is 0 Å². The minimum absolute atomic E-state index is 0.0107. The van der Waals surface area contributed by atoms with E-state index in [-0.39, 0.29) is 23.3 Å². The second-order valence-corrected chi connectivity index (χ2v) is 14.9. The van der Waals surface area contributed by atoms with Crippen LogP contribution in [0.4, 0.5) is 19.0 Å². The standard InChI is InChI=1S/C38H40ClF3N4O2/c1-23(31-17-43-22-45-35(31)44-16-24-7-9-26(47-2)10-8-24)28-6-3-5-25-13-32(39)34(40)30-15-27(14-29(28)33(25)30)48-21-37-11-4-12-46(37)20-36(18-37)19-38(36,41)42/h7-10,13-15,17,22-23,28H,3-6,11-12,16,18-21H2,1-2H3,(H,43,44,45)/t23-,28?,36-,37+/m1/s1. The molecular formula is C38H40ClF3N4O2. The third kappa shape index (κ3) is 5.28. The molecule has 0 bridgehead atoms. The van der Waals surface area contributed by atoms with E-state index >= 15 is 4.39 Å². The number of aromatic nitrogens is 2. The summed E-state index contributed by atoms with van der Waals surface area (Å²) < 4.78 is 56.7. The minimum Gasteiger partial charge on any atom is -0.497 e. The summed E-state index contributed by atoms with van der Waals surface area (Å²) >= 11 is 6.46. The molecule has 2 aliphatic carbocycles. The van der Waals surface area contributed by atoms with Gasteiger partial charge in [-0.3, -0.25) is 4.90 Å². The molecule has 48 heavy (non-hydrogen) atoms. The fraction of sp³-hybridized carbons (Fsp3) is 0.474. The van der Waals surface area contributed by atoms with Crippen LogP contribution in [0.2, 0.25) is 5.02 Å². The van der Waals surface area contributed by atoms with Gasteiger partial charge in [-0.15, -0.1) is 0 Å². The highest BCUT2D eigenvalue weighted by Gasteiger charge is 2.77. The number of methoxy groups -OCH3 is 1. The number of anilines is 1. The first kappa shape index (κ1) is 31.7. The number of fused-ring (bicyclic) bond motifs is 1. The first-order chi connectivity index (χ1) is 23.1. The largest absolute Gasteiger partial charge is 0.497 e. The first-order valence-corrected chi connectivity index (χ1v) is 17.4. The quantitative estimate of drug-likeness (QED) is 0.191. The third-order valence-electron chi connectivity index (χ3n) is 11.6. The maximum absolute atomic E-state index is 15.9. The number of hydrogen-bond donors (Lipinski definition) is 1. The maximum Gasteiger partial charge on any atom is 0.255 e. The minimum atomic E-state index is -2.60. The normalized spacial score (nSPS) is 26.3. The fourth-order valence-corrected chi connectivity index (χ4v) is 9.22. The molecule has 2 aliphatic heterocycles. The molecular weight excluding hydrogens is 637 g/mol. The zero-order chi connectivity index (χ0) is 33.3. The molecule has 4 aliphatic rings. The van der Waals surface area contributed by atoms with Crippen molar-refractivity contribution in [3.63, 3.8) is 0 Å². The summed E-state index contributed by atoms with van der Waals surface area (Å²) in [7, 11) is 1.65. The van der Waals surface area contributed by atoms with Crippen LogP contribution in [0.25, 0.3) is 10.8 Å². The number of alkyl halides is 2. The van der Waals surface area contributed by atoms with Crippen molar-refractivity contribution in [2.45, 2.75) is 81.7 Å². The molecule has 10 heteroatoms. The molecule has 1 unspecified atom stereocenters. The molecule has 0 amide bonds. The Morgan fingerprint density at radius 2 is 1.92 bits per heavy atom. The van der Waals surface area contributed by atoms with Crippen LogP contribution >= 0.6 is 11.6 Å². The van der Waals surface area contributed by atoms with Gasteiger partial charge in [0.2, 0.25) is 0 Å². The van der Waals surface area contributed by atoms with E-state index in [4.69, 9.17) is 21.1 Å². The van der Waals surface area contributed by atoms with Crippen LogP contribution in [0.5, 0.6) is 11.5 Å². The lowest BCUT2D eigenvalue weighted by atomic mass is 9.79. The van der Waals surface area contributed by atoms with Gasteiger partial charge in [-0.1, -0.05) is 30.7 Å². The predicted molar refractivity (Wildman–Crippen MR) is 181 cm³/mol. The Bertz CT molecular complexity index is 1870. The zero-order valence-electron chi connectivity index (χ0n) is 27.3. The molecule has 3 heterocycles. The van der Waals surface area contributed by atoms with E-state index in [1.165, 1.54) is 0 Å². The Kier molecular flexibility index (Phi) is 7.79. The molecule has 252 valence electrons. The SMILES string of the molecule is COc1ccc(CNc2ncncc2[C@H](C)C2CCCc3cc(Cl)c(F)c4cc(OC[C@@]56CCCN5C[C@]5(CC5(F)F)C6)cc2c34)cc1. The second-order valence-electron chi connectivity index (χ2n) is 14.5. The van der Waals surface area contributed by atoms with Crippen LogP contribution in [0.15, 0.2) is 55.0 Å². The highest BCUT2D eigenvalue weighted by atomic mass is 35.5. The van der Waals surface area contributed by atoms with Crippen molar-refractivity contribution in [3.05, 3.63) is 88.1 Å². The number of ether oxygens (including phenoxy) is 2. The topological polar surface area (TPSA) is 59.5 Å². The molecule has 3 aromatic carbocycles. The molecule has 6 nitrogen and oxygen atoms in total. The molecule has 2 saturated heterocycles. The van der Waals surface area contributed by atoms with E-state index < -0.39 is 22.7 Å². The molecule has 1 spiro atoms. The van der Waals surface area contributed by atoms with Gasteiger partial charge in [-0.05, 0) is 109 Å². The van der Waals surface area contributed by atoms with Crippen molar-refractivity contribution in [2.24, 2.45) is 5.41 Å². The van der Waals surface area contributed by atoms with Gasteiger partial charge in [0.05, 0.1) is 23.1 Å². The number of nitrogens with zero attached hydrogens (tertiary/aromatic N) is 3. The van der Waals surface area contributed by atoms with E-state index in [2.05, 4.69) is 33.2 Å². The maximum atomic E-state index is 15.9. The van der Waals surface area contributed by atoms with Crippen molar-refractivity contribution in [1.82, 2.24) is 14.9 Å². The van der Waals surface area contributed by atoms with Gasteiger partial charge in [-0.2, -0.15) is 0 Å². The van der Waals surface area contributed by atoms with E-state index in [1.807, 2.05) is 30.5 Å². The lowest BCUT2D eigenvalue weighted by molar-refractivity contribution is 0.0649. The number of benzene rings is 3. The van der Waals surface area contributed by atoms with Gasteiger partial charge in [0.25, 0.3) is 5.92 Å². The summed E-state index contributed by atoms with van der Waals surface area (Å²) in [5.41, 5.74) is 2.78. The van der Waals surface area contributed by atoms with Gasteiger partial charge < -0.3 is 14.8 Å². The highest BCUT2D eigenvalue weighted by Crippen LogP contribution is 2.69. The summed E-state index contributed by atoms with van der Waals surface area (Å²) in [6.45, 7) is 4.30. The molecule has 1 saturated carbocycles. The summed E-state index contributed by atoms with van der Waals surface area (Å²) in [5.74, 6) is -0.935. The van der Waals surface area contributed by atoms with Crippen LogP contribution in [-0.4, -0.2) is 53.1 Å². The highest BCUT2D eigenvalue weighted by molar-refractivity contribution is 6.31. The van der Waals surface area contributed by atoms with Crippen LogP contribution in [-0.2, 0) is 13.0 Å². The average molecular weight is 677 g/mol. The van der Waals surface area contributed by atoms with E-state index in [0.29, 0.717) is 37.3 Å². The number of aryl methyl sites for hydroxylation is 1. The third-order valence-corrected chi connectivity index (χ3v) is 11.9. The van der Waals surface area contributed by atoms with Gasteiger partial charge in [0.1, 0.15) is 36.1 Å². The Morgan fingerprint density at radius 3 is 2.69 bits per heavy atom. The van der Waals surface area contributed by atoms with Gasteiger partial charge in [0.15, 0.2) is 0 Å². The average Bonchev–Trinajstić information content (AvgIpc) is 3.29. The first-order valence-electron chi connectivity index (χ1n) is 17.0. The lowest BCUT2D eigenvalue weighted by Crippen LogP contribution is -2.43. The molecule has 0 radical (unpaired) electrons. The van der Waals surface area contributed by atoms with Crippen LogP contribution in [0, 0.1) is 11.2 Å². The Hall–Kier alpha value is -3.56. The summed E-state index contributed by atoms with van der Waals surface area (Å²) in [5, 5.41) is 4.95. The van der Waals surface area contributed by atoms with Crippen LogP contribution in [0.1, 0.15) is 79.5 Å². The molecule has 1 aromatic heterocycles. The van der Waals surface area contributed by atoms with Crippen molar-refractivity contribution < 1.29 is 22.6 Å². The fourth-order valence-electron chi connectivity index (χ4n) is 8.98. The summed E-state index contributed by atoms with van der Waals surface area (Å²) in [6.07, 6.45) is 8.19. The van der Waals surface area contributed by atoms with Gasteiger partial charge in [-0.25, -0.2) is 23.1 Å². The Balaban J connectivity index is 1.12. The van der Waals surface area contributed by atoms with Crippen molar-refractivity contribution in [2.75, 3.05) is 32.1 Å².